The molecule has 0 amide bonds. The van der Waals surface area contributed by atoms with E-state index in [0.717, 1.165) is 36.8 Å². The number of hydrogen-bond donors (Lipinski definition) is 3. The first-order valence-electron chi connectivity index (χ1n) is 12.6. The number of ketones is 1. The monoisotopic (exact) mass is 492 g/mol. The van der Waals surface area contributed by atoms with Crippen molar-refractivity contribution >= 4 is 5.78 Å². The molecule has 0 radical (unpaired) electrons. The minimum absolute atomic E-state index is 0.0208. The van der Waals surface area contributed by atoms with Gasteiger partial charge in [0.05, 0.1) is 6.42 Å². The summed E-state index contributed by atoms with van der Waals surface area (Å²) >= 11 is 0. The molecule has 2 atom stereocenters. The SMILES string of the molecule is CC(C)=CCC[C@@]1(C)CCc2cc([C@@H]3CC(=O)c4c(cc(O)c(CC=C(C)C)c4O)O3)cc(O)c2O1. The zero-order chi connectivity index (χ0) is 26.2. The van der Waals surface area contributed by atoms with Crippen molar-refractivity contribution in [3.8, 4) is 28.7 Å². The lowest BCUT2D eigenvalue weighted by Crippen LogP contribution is -2.36. The lowest BCUT2D eigenvalue weighted by atomic mass is 9.86. The van der Waals surface area contributed by atoms with Crippen LogP contribution in [0.15, 0.2) is 41.5 Å². The number of rotatable bonds is 6. The van der Waals surface area contributed by atoms with E-state index >= 15 is 0 Å². The topological polar surface area (TPSA) is 96.2 Å². The van der Waals surface area contributed by atoms with Crippen LogP contribution in [0.1, 0.15) is 93.5 Å². The Hall–Kier alpha value is -3.41. The zero-order valence-corrected chi connectivity index (χ0v) is 21.8. The largest absolute Gasteiger partial charge is 0.507 e. The Balaban J connectivity index is 1.59. The van der Waals surface area contributed by atoms with E-state index in [-0.39, 0.29) is 46.4 Å². The minimum atomic E-state index is -0.644. The van der Waals surface area contributed by atoms with Gasteiger partial charge >= 0.3 is 0 Å². The second-order valence-electron chi connectivity index (χ2n) is 10.7. The van der Waals surface area contributed by atoms with Crippen molar-refractivity contribution in [1.29, 1.82) is 0 Å². The van der Waals surface area contributed by atoms with Crippen LogP contribution in [-0.4, -0.2) is 26.7 Å². The summed E-state index contributed by atoms with van der Waals surface area (Å²) in [6.07, 6.45) is 7.11. The molecule has 0 spiro atoms. The third-order valence-corrected chi connectivity index (χ3v) is 7.02. The number of fused-ring (bicyclic) bond motifs is 2. The van der Waals surface area contributed by atoms with Crippen LogP contribution in [0.25, 0.3) is 0 Å². The number of aryl methyl sites for hydroxylation is 1. The molecule has 0 unspecified atom stereocenters. The molecule has 6 nitrogen and oxygen atoms in total. The van der Waals surface area contributed by atoms with Gasteiger partial charge in [-0.3, -0.25) is 4.79 Å². The van der Waals surface area contributed by atoms with E-state index in [1.54, 1.807) is 6.07 Å². The first-order chi connectivity index (χ1) is 17.0. The summed E-state index contributed by atoms with van der Waals surface area (Å²) in [7, 11) is 0. The molecular formula is C30H36O6. The summed E-state index contributed by atoms with van der Waals surface area (Å²) in [6, 6.07) is 4.91. The quantitative estimate of drug-likeness (QED) is 0.382. The van der Waals surface area contributed by atoms with Crippen molar-refractivity contribution in [2.45, 2.75) is 84.8 Å². The molecule has 2 aliphatic heterocycles. The van der Waals surface area contributed by atoms with Crippen LogP contribution in [-0.2, 0) is 12.8 Å². The number of ether oxygens (including phenoxy) is 2. The van der Waals surface area contributed by atoms with Crippen LogP contribution in [0.2, 0.25) is 0 Å². The van der Waals surface area contributed by atoms with E-state index in [0.29, 0.717) is 23.3 Å². The number of carbonyl (C=O) groups is 1. The first kappa shape index (κ1) is 25.7. The van der Waals surface area contributed by atoms with Crippen LogP contribution in [0.3, 0.4) is 0 Å². The van der Waals surface area contributed by atoms with Crippen molar-refractivity contribution in [3.63, 3.8) is 0 Å². The Kier molecular flexibility index (Phi) is 7.07. The summed E-state index contributed by atoms with van der Waals surface area (Å²) in [6.45, 7) is 10.1. The molecule has 4 rings (SSSR count). The van der Waals surface area contributed by atoms with Crippen LogP contribution >= 0.6 is 0 Å². The van der Waals surface area contributed by atoms with Gasteiger partial charge in [0, 0.05) is 11.6 Å². The van der Waals surface area contributed by atoms with Gasteiger partial charge < -0.3 is 24.8 Å². The van der Waals surface area contributed by atoms with Crippen molar-refractivity contribution in [3.05, 3.63) is 63.8 Å². The molecule has 2 aliphatic rings. The number of hydrogen-bond acceptors (Lipinski definition) is 6. The van der Waals surface area contributed by atoms with Gasteiger partial charge in [-0.2, -0.15) is 0 Å². The highest BCUT2D eigenvalue weighted by molar-refractivity contribution is 6.03. The molecule has 0 aliphatic carbocycles. The number of allylic oxidation sites excluding steroid dienone is 4. The Bertz CT molecular complexity index is 1250. The van der Waals surface area contributed by atoms with Gasteiger partial charge in [0.15, 0.2) is 17.3 Å². The molecule has 3 N–H and O–H groups in total. The van der Waals surface area contributed by atoms with Gasteiger partial charge in [0.2, 0.25) is 0 Å². The lowest BCUT2D eigenvalue weighted by molar-refractivity contribution is 0.0535. The fourth-order valence-corrected chi connectivity index (χ4v) is 4.92. The third-order valence-electron chi connectivity index (χ3n) is 7.02. The van der Waals surface area contributed by atoms with Crippen LogP contribution in [0.4, 0.5) is 0 Å². The summed E-state index contributed by atoms with van der Waals surface area (Å²) in [5, 5.41) is 32.1. The van der Waals surface area contributed by atoms with Crippen molar-refractivity contribution in [2.24, 2.45) is 0 Å². The molecule has 0 bridgehead atoms. The fourth-order valence-electron chi connectivity index (χ4n) is 4.92. The fraction of sp³-hybridized carbons (Fsp3) is 0.433. The van der Waals surface area contributed by atoms with Crippen molar-refractivity contribution < 1.29 is 29.6 Å². The molecule has 2 aromatic carbocycles. The standard InChI is InChI=1S/C30H36O6/c1-17(2)7-6-11-30(5)12-10-19-13-20(14-24(33)29(19)36-30)25-16-23(32)27-26(35-25)15-22(31)21(28(27)34)9-8-18(3)4/h7-8,13-15,25,31,33-34H,6,9-12,16H2,1-5H3/t25-,30-/m0/s1. The van der Waals surface area contributed by atoms with Gasteiger partial charge in [-0.05, 0) is 90.0 Å². The average Bonchev–Trinajstić information content (AvgIpc) is 2.78. The summed E-state index contributed by atoms with van der Waals surface area (Å²) in [5.74, 6) is 0.0445. The number of benzene rings is 2. The van der Waals surface area contributed by atoms with Gasteiger partial charge in [0.25, 0.3) is 0 Å². The summed E-state index contributed by atoms with van der Waals surface area (Å²) < 4.78 is 12.4. The van der Waals surface area contributed by atoms with Crippen LogP contribution in [0, 0.1) is 0 Å². The molecule has 0 saturated carbocycles. The molecule has 2 aromatic rings. The summed E-state index contributed by atoms with van der Waals surface area (Å²) in [5.41, 5.74) is 3.91. The van der Waals surface area contributed by atoms with Gasteiger partial charge in [-0.25, -0.2) is 0 Å². The van der Waals surface area contributed by atoms with E-state index in [2.05, 4.69) is 26.8 Å². The highest BCUT2D eigenvalue weighted by Gasteiger charge is 2.36. The number of phenolic OH excluding ortho intramolecular Hbond substituents is 3. The smallest absolute Gasteiger partial charge is 0.174 e. The number of aromatic hydroxyl groups is 3. The maximum Gasteiger partial charge on any atom is 0.174 e. The summed E-state index contributed by atoms with van der Waals surface area (Å²) in [4.78, 5) is 13.1. The second kappa shape index (κ2) is 9.92. The number of Topliss-reactive ketones (excluding diaryl/α,β-unsaturated/α-hetero) is 1. The zero-order valence-electron chi connectivity index (χ0n) is 21.8. The first-order valence-corrected chi connectivity index (χ1v) is 12.6. The highest BCUT2D eigenvalue weighted by atomic mass is 16.5. The van der Waals surface area contributed by atoms with E-state index in [1.165, 1.54) is 11.6 Å². The Morgan fingerprint density at radius 3 is 2.47 bits per heavy atom. The van der Waals surface area contributed by atoms with E-state index in [9.17, 15) is 20.1 Å². The average molecular weight is 493 g/mol. The number of carbonyl (C=O) groups excluding carboxylic acids is 1. The molecule has 36 heavy (non-hydrogen) atoms. The Morgan fingerprint density at radius 2 is 1.78 bits per heavy atom. The van der Waals surface area contributed by atoms with Gasteiger partial charge in [-0.15, -0.1) is 0 Å². The van der Waals surface area contributed by atoms with Crippen LogP contribution in [0.5, 0.6) is 28.7 Å². The van der Waals surface area contributed by atoms with Crippen LogP contribution < -0.4 is 9.47 Å². The molecule has 192 valence electrons. The number of phenols is 3. The van der Waals surface area contributed by atoms with E-state index in [1.807, 2.05) is 26.0 Å². The Morgan fingerprint density at radius 1 is 1.06 bits per heavy atom. The molecule has 0 fully saturated rings. The predicted molar refractivity (Wildman–Crippen MR) is 139 cm³/mol. The van der Waals surface area contributed by atoms with E-state index < -0.39 is 6.10 Å². The highest BCUT2D eigenvalue weighted by Crippen LogP contribution is 2.47. The second-order valence-corrected chi connectivity index (χ2v) is 10.7. The Labute approximate surface area is 212 Å². The molecule has 2 heterocycles. The van der Waals surface area contributed by atoms with Gasteiger partial charge in [0.1, 0.15) is 34.5 Å². The van der Waals surface area contributed by atoms with Crippen molar-refractivity contribution in [2.75, 3.05) is 0 Å². The predicted octanol–water partition coefficient (Wildman–Crippen LogP) is 6.85. The third kappa shape index (κ3) is 5.23. The van der Waals surface area contributed by atoms with Gasteiger partial charge in [-0.1, -0.05) is 23.3 Å². The lowest BCUT2D eigenvalue weighted by Gasteiger charge is -2.36. The maximum atomic E-state index is 13.1. The molecule has 6 heteroatoms. The molecule has 0 saturated heterocycles. The minimum Gasteiger partial charge on any atom is -0.507 e. The molecule has 0 aromatic heterocycles. The normalized spacial score (nSPS) is 20.5. The maximum absolute atomic E-state index is 13.1. The molecular weight excluding hydrogens is 456 g/mol. The van der Waals surface area contributed by atoms with E-state index in [4.69, 9.17) is 9.47 Å². The van der Waals surface area contributed by atoms with Crippen molar-refractivity contribution in [1.82, 2.24) is 0 Å².